The maximum Gasteiger partial charge on any atom is 0.271 e. The molecule has 2 aliphatic rings. The van der Waals surface area contributed by atoms with Crippen molar-refractivity contribution in [3.63, 3.8) is 0 Å². The minimum Gasteiger partial charge on any atom is -0.351 e. The van der Waals surface area contributed by atoms with Gasteiger partial charge in [0.25, 0.3) is 5.91 Å². The third kappa shape index (κ3) is 4.17. The Hall–Kier alpha value is -2.60. The fourth-order valence-electron chi connectivity index (χ4n) is 5.54. The van der Waals surface area contributed by atoms with Gasteiger partial charge in [-0.2, -0.15) is 0 Å². The molecule has 1 aliphatic carbocycles. The molecule has 0 radical (unpaired) electrons. The van der Waals surface area contributed by atoms with E-state index in [1.54, 1.807) is 11.3 Å². The zero-order chi connectivity index (χ0) is 23.9. The number of aryl methyl sites for hydroxylation is 1. The lowest BCUT2D eigenvalue weighted by Crippen LogP contribution is -2.65. The molecular weight excluding hydrogens is 442 g/mol. The molecule has 0 unspecified atom stereocenters. The number of nitrogens with one attached hydrogen (secondary N) is 1. The Morgan fingerprint density at radius 1 is 1.15 bits per heavy atom. The number of carbonyl (C=O) groups is 2. The summed E-state index contributed by atoms with van der Waals surface area (Å²) in [6.45, 7) is 7.41. The zero-order valence-corrected chi connectivity index (χ0v) is 21.3. The number of carbonyl (C=O) groups excluding carboxylic acids is 2. The highest BCUT2D eigenvalue weighted by atomic mass is 32.1. The molecule has 1 fully saturated rings. The van der Waals surface area contributed by atoms with Gasteiger partial charge in [-0.1, -0.05) is 44.2 Å². The van der Waals surface area contributed by atoms with Crippen molar-refractivity contribution in [3.05, 3.63) is 58.6 Å². The molecule has 2 amide bonds. The zero-order valence-electron chi connectivity index (χ0n) is 20.5. The minimum atomic E-state index is -0.928. The number of thiophene rings is 1. The first-order chi connectivity index (χ1) is 16.4. The van der Waals surface area contributed by atoms with E-state index in [0.29, 0.717) is 18.8 Å². The Balaban J connectivity index is 1.47. The molecule has 1 saturated carbocycles. The van der Waals surface area contributed by atoms with Gasteiger partial charge in [0, 0.05) is 17.5 Å². The molecule has 1 atom stereocenters. The Kier molecular flexibility index (Phi) is 6.28. The highest BCUT2D eigenvalue weighted by molar-refractivity contribution is 7.19. The SMILES string of the molecule is CCc1cc2c(cc3n2C[C@](C)(C(=O)NC2CCC(C)CC2)N(CCc2ccccc2)C3=O)s1. The second-order valence-corrected chi connectivity index (χ2v) is 11.5. The quantitative estimate of drug-likeness (QED) is 0.516. The summed E-state index contributed by atoms with van der Waals surface area (Å²) in [5.74, 6) is 0.662. The number of rotatable bonds is 6. The van der Waals surface area contributed by atoms with Crippen LogP contribution in [0.1, 0.15) is 67.4 Å². The number of amides is 2. The van der Waals surface area contributed by atoms with Gasteiger partial charge in [0.1, 0.15) is 11.2 Å². The largest absolute Gasteiger partial charge is 0.351 e. The Morgan fingerprint density at radius 2 is 1.88 bits per heavy atom. The molecule has 1 aromatic carbocycles. The number of aromatic nitrogens is 1. The second-order valence-electron chi connectivity index (χ2n) is 10.3. The van der Waals surface area contributed by atoms with Crippen LogP contribution in [-0.2, 0) is 24.2 Å². The van der Waals surface area contributed by atoms with Gasteiger partial charge < -0.3 is 14.8 Å². The Labute approximate surface area is 206 Å². The van der Waals surface area contributed by atoms with Gasteiger partial charge in [-0.3, -0.25) is 9.59 Å². The van der Waals surface area contributed by atoms with Gasteiger partial charge >= 0.3 is 0 Å². The van der Waals surface area contributed by atoms with E-state index in [1.165, 1.54) is 10.4 Å². The van der Waals surface area contributed by atoms with E-state index in [4.69, 9.17) is 0 Å². The van der Waals surface area contributed by atoms with E-state index in [0.717, 1.165) is 54.7 Å². The van der Waals surface area contributed by atoms with Gasteiger partial charge in [0.2, 0.25) is 5.91 Å². The number of hydrogen-bond acceptors (Lipinski definition) is 3. The monoisotopic (exact) mass is 477 g/mol. The first kappa shape index (κ1) is 23.2. The highest BCUT2D eigenvalue weighted by Crippen LogP contribution is 2.36. The number of benzene rings is 1. The second kappa shape index (κ2) is 9.21. The van der Waals surface area contributed by atoms with Crippen molar-refractivity contribution in [3.8, 4) is 0 Å². The van der Waals surface area contributed by atoms with Gasteiger partial charge in [-0.15, -0.1) is 11.3 Å². The molecule has 1 aliphatic heterocycles. The van der Waals surface area contributed by atoms with Crippen LogP contribution in [-0.4, -0.2) is 39.4 Å². The molecule has 0 bridgehead atoms. The van der Waals surface area contributed by atoms with E-state index < -0.39 is 5.54 Å². The van der Waals surface area contributed by atoms with Crippen LogP contribution in [0.25, 0.3) is 10.2 Å². The Morgan fingerprint density at radius 3 is 2.59 bits per heavy atom. The van der Waals surface area contributed by atoms with Gasteiger partial charge in [0.15, 0.2) is 0 Å². The average molecular weight is 478 g/mol. The molecule has 0 spiro atoms. The van der Waals surface area contributed by atoms with Crippen LogP contribution in [0.15, 0.2) is 42.5 Å². The molecule has 6 heteroatoms. The normalized spacial score (nSPS) is 24.9. The minimum absolute atomic E-state index is 0.0214. The summed E-state index contributed by atoms with van der Waals surface area (Å²) < 4.78 is 3.23. The van der Waals surface area contributed by atoms with Crippen molar-refractivity contribution in [2.75, 3.05) is 6.54 Å². The fourth-order valence-corrected chi connectivity index (χ4v) is 6.59. The summed E-state index contributed by atoms with van der Waals surface area (Å²) in [5.41, 5.74) is 2.03. The summed E-state index contributed by atoms with van der Waals surface area (Å²) >= 11 is 1.75. The standard InChI is InChI=1S/C28H35N3O2S/c1-4-22-16-23-25(34-22)17-24-26(32)31(15-14-20-8-6-5-7-9-20)28(3,18-30(23)24)27(33)29-21-12-10-19(2)11-13-21/h5-9,16-17,19,21H,4,10-15,18H2,1-3H3,(H,29,33)/t19?,21?,28-/m1/s1. The predicted molar refractivity (Wildman–Crippen MR) is 138 cm³/mol. The smallest absolute Gasteiger partial charge is 0.271 e. The fraction of sp³-hybridized carbons (Fsp3) is 0.500. The van der Waals surface area contributed by atoms with Crippen LogP contribution in [0.2, 0.25) is 0 Å². The molecule has 2 aromatic heterocycles. The number of hydrogen-bond donors (Lipinski definition) is 1. The van der Waals surface area contributed by atoms with E-state index in [-0.39, 0.29) is 17.9 Å². The molecular formula is C28H35N3O2S. The lowest BCUT2D eigenvalue weighted by molar-refractivity contribution is -0.133. The molecule has 180 valence electrons. The highest BCUT2D eigenvalue weighted by Gasteiger charge is 2.48. The first-order valence-electron chi connectivity index (χ1n) is 12.7. The third-order valence-corrected chi connectivity index (χ3v) is 9.04. The molecule has 0 saturated heterocycles. The lowest BCUT2D eigenvalue weighted by Gasteiger charge is -2.45. The van der Waals surface area contributed by atoms with E-state index >= 15 is 0 Å². The van der Waals surface area contributed by atoms with Gasteiger partial charge in [-0.05, 0) is 69.1 Å². The molecule has 34 heavy (non-hydrogen) atoms. The topological polar surface area (TPSA) is 54.3 Å². The van der Waals surface area contributed by atoms with Crippen molar-refractivity contribution in [1.82, 2.24) is 14.8 Å². The van der Waals surface area contributed by atoms with Crippen molar-refractivity contribution in [2.24, 2.45) is 5.92 Å². The van der Waals surface area contributed by atoms with Crippen LogP contribution >= 0.6 is 11.3 Å². The number of nitrogens with zero attached hydrogens (tertiary/aromatic N) is 2. The van der Waals surface area contributed by atoms with Gasteiger partial charge in [0.05, 0.1) is 16.8 Å². The van der Waals surface area contributed by atoms with E-state index in [1.807, 2.05) is 36.1 Å². The summed E-state index contributed by atoms with van der Waals surface area (Å²) in [6, 6.07) is 14.6. The Bertz CT molecular complexity index is 1190. The van der Waals surface area contributed by atoms with E-state index in [2.05, 4.69) is 41.9 Å². The van der Waals surface area contributed by atoms with E-state index in [9.17, 15) is 9.59 Å². The van der Waals surface area contributed by atoms with Crippen LogP contribution in [0.4, 0.5) is 0 Å². The third-order valence-electron chi connectivity index (χ3n) is 7.82. The summed E-state index contributed by atoms with van der Waals surface area (Å²) in [6.07, 6.45) is 6.04. The molecule has 3 heterocycles. The summed E-state index contributed by atoms with van der Waals surface area (Å²) in [5, 5.41) is 3.34. The summed E-state index contributed by atoms with van der Waals surface area (Å²) in [7, 11) is 0. The van der Waals surface area contributed by atoms with Crippen LogP contribution in [0, 0.1) is 5.92 Å². The van der Waals surface area contributed by atoms with Crippen molar-refractivity contribution >= 4 is 33.4 Å². The number of fused-ring (bicyclic) bond motifs is 3. The maximum absolute atomic E-state index is 13.9. The molecule has 5 rings (SSSR count). The van der Waals surface area contributed by atoms with Crippen LogP contribution < -0.4 is 5.32 Å². The van der Waals surface area contributed by atoms with Crippen molar-refractivity contribution < 1.29 is 9.59 Å². The van der Waals surface area contributed by atoms with Crippen LogP contribution in [0.3, 0.4) is 0 Å². The van der Waals surface area contributed by atoms with Gasteiger partial charge in [-0.25, -0.2) is 0 Å². The van der Waals surface area contributed by atoms with Crippen molar-refractivity contribution in [1.29, 1.82) is 0 Å². The molecule has 3 aromatic rings. The predicted octanol–water partition coefficient (Wildman–Crippen LogP) is 5.42. The van der Waals surface area contributed by atoms with Crippen LogP contribution in [0.5, 0.6) is 0 Å². The maximum atomic E-state index is 13.9. The lowest BCUT2D eigenvalue weighted by atomic mass is 9.86. The molecule has 1 N–H and O–H groups in total. The average Bonchev–Trinajstić information content (AvgIpc) is 3.39. The summed E-state index contributed by atoms with van der Waals surface area (Å²) in [4.78, 5) is 30.8. The van der Waals surface area contributed by atoms with Crippen molar-refractivity contribution in [2.45, 2.75) is 77.4 Å². The first-order valence-corrected chi connectivity index (χ1v) is 13.5. The molecule has 5 nitrogen and oxygen atoms in total.